The number of rotatable bonds is 4. The van der Waals surface area contributed by atoms with Gasteiger partial charge in [0, 0.05) is 18.1 Å². The van der Waals surface area contributed by atoms with Gasteiger partial charge in [-0.1, -0.05) is 28.8 Å². The zero-order chi connectivity index (χ0) is 10.8. The van der Waals surface area contributed by atoms with Crippen LogP contribution in [-0.4, -0.2) is 9.59 Å². The molecule has 4 heteroatoms. The van der Waals surface area contributed by atoms with E-state index >= 15 is 0 Å². The Hall–Kier alpha value is -1.42. The molecule has 1 N–H and O–H groups in total. The van der Waals surface area contributed by atoms with Crippen LogP contribution in [0.4, 0.5) is 5.00 Å². The number of nitrogens with zero attached hydrogens (tertiary/aromatic N) is 2. The summed E-state index contributed by atoms with van der Waals surface area (Å²) in [5.74, 6) is 0.840. The Morgan fingerprint density at radius 1 is 1.25 bits per heavy atom. The van der Waals surface area contributed by atoms with Crippen LogP contribution in [0, 0.1) is 0 Å². The molecule has 0 bridgehead atoms. The van der Waals surface area contributed by atoms with Gasteiger partial charge >= 0.3 is 0 Å². The molecule has 1 aromatic carbocycles. The summed E-state index contributed by atoms with van der Waals surface area (Å²) in [6, 6.07) is 8.91. The fourth-order valence-corrected chi connectivity index (χ4v) is 2.17. The average molecular weight is 231 g/mol. The molecule has 0 atom stereocenters. The predicted octanol–water partition coefficient (Wildman–Crippen LogP) is 3.03. The second-order valence-corrected chi connectivity index (χ2v) is 4.94. The van der Waals surface area contributed by atoms with Gasteiger partial charge in [0.25, 0.3) is 0 Å². The van der Waals surface area contributed by atoms with E-state index in [1.165, 1.54) is 35.5 Å². The average Bonchev–Trinajstić information content (AvgIpc) is 3.05. The molecule has 1 aliphatic rings. The van der Waals surface area contributed by atoms with E-state index < -0.39 is 0 Å². The quantitative estimate of drug-likeness (QED) is 0.879. The lowest BCUT2D eigenvalue weighted by atomic mass is 10.1. The van der Waals surface area contributed by atoms with Crippen molar-refractivity contribution in [1.29, 1.82) is 0 Å². The summed E-state index contributed by atoms with van der Waals surface area (Å²) in [5, 5.41) is 8.10. The van der Waals surface area contributed by atoms with Gasteiger partial charge in [-0.25, -0.2) is 0 Å². The van der Waals surface area contributed by atoms with Crippen LogP contribution < -0.4 is 5.32 Å². The molecule has 0 amide bonds. The molecule has 3 rings (SSSR count). The minimum atomic E-state index is 0.840. The van der Waals surface area contributed by atoms with Gasteiger partial charge in [-0.15, -0.1) is 5.10 Å². The van der Waals surface area contributed by atoms with Crippen molar-refractivity contribution in [2.75, 3.05) is 5.32 Å². The molecule has 1 aliphatic carbocycles. The van der Waals surface area contributed by atoms with Crippen LogP contribution in [0.15, 0.2) is 30.5 Å². The molecule has 0 saturated heterocycles. The normalized spacial score (nSPS) is 15.0. The van der Waals surface area contributed by atoms with Gasteiger partial charge in [-0.2, -0.15) is 0 Å². The van der Waals surface area contributed by atoms with Crippen LogP contribution in [0.2, 0.25) is 0 Å². The molecule has 1 saturated carbocycles. The molecular formula is C12H13N3S. The highest BCUT2D eigenvalue weighted by molar-refractivity contribution is 7.09. The minimum absolute atomic E-state index is 0.840. The van der Waals surface area contributed by atoms with E-state index in [0.717, 1.165) is 17.5 Å². The smallest absolute Gasteiger partial charge is 0.130 e. The predicted molar refractivity (Wildman–Crippen MR) is 65.7 cm³/mol. The lowest BCUT2D eigenvalue weighted by molar-refractivity contribution is 1.10. The Bertz CT molecular complexity index is 446. The summed E-state index contributed by atoms with van der Waals surface area (Å²) in [4.78, 5) is 0. The highest BCUT2D eigenvalue weighted by Gasteiger charge is 2.22. The first-order chi connectivity index (χ1) is 7.92. The van der Waals surface area contributed by atoms with Gasteiger partial charge < -0.3 is 5.32 Å². The third-order valence-corrected chi connectivity index (χ3v) is 3.48. The van der Waals surface area contributed by atoms with Gasteiger partial charge in [0.2, 0.25) is 0 Å². The van der Waals surface area contributed by atoms with E-state index in [2.05, 4.69) is 39.2 Å². The maximum absolute atomic E-state index is 3.81. The Morgan fingerprint density at radius 3 is 2.69 bits per heavy atom. The Kier molecular flexibility index (Phi) is 2.58. The highest BCUT2D eigenvalue weighted by atomic mass is 32.1. The SMILES string of the molecule is c1cc(C2CC2)ccc1CNc1cnns1. The van der Waals surface area contributed by atoms with Crippen molar-refractivity contribution < 1.29 is 0 Å². The zero-order valence-corrected chi connectivity index (χ0v) is 9.70. The second-order valence-electron chi connectivity index (χ2n) is 4.15. The number of anilines is 1. The molecule has 0 aliphatic heterocycles. The highest BCUT2D eigenvalue weighted by Crippen LogP contribution is 2.39. The first-order valence-corrected chi connectivity index (χ1v) is 6.29. The van der Waals surface area contributed by atoms with Gasteiger partial charge in [0.05, 0.1) is 6.20 Å². The third kappa shape index (κ3) is 2.22. The fourth-order valence-electron chi connectivity index (χ4n) is 1.76. The lowest BCUT2D eigenvalue weighted by Gasteiger charge is -2.04. The van der Waals surface area contributed by atoms with Crippen LogP contribution in [0.1, 0.15) is 29.9 Å². The number of nitrogens with one attached hydrogen (secondary N) is 1. The van der Waals surface area contributed by atoms with Gasteiger partial charge in [-0.3, -0.25) is 0 Å². The summed E-state index contributed by atoms with van der Waals surface area (Å²) in [6.45, 7) is 0.842. The Balaban J connectivity index is 1.61. The summed E-state index contributed by atoms with van der Waals surface area (Å²) in [7, 11) is 0. The first-order valence-electron chi connectivity index (χ1n) is 5.52. The molecule has 0 spiro atoms. The van der Waals surface area contributed by atoms with E-state index in [4.69, 9.17) is 0 Å². The topological polar surface area (TPSA) is 37.8 Å². The van der Waals surface area contributed by atoms with Crippen molar-refractivity contribution in [3.63, 3.8) is 0 Å². The number of hydrogen-bond donors (Lipinski definition) is 1. The van der Waals surface area contributed by atoms with Crippen molar-refractivity contribution in [2.45, 2.75) is 25.3 Å². The van der Waals surface area contributed by atoms with Gasteiger partial charge in [0.1, 0.15) is 5.00 Å². The van der Waals surface area contributed by atoms with Crippen molar-refractivity contribution in [1.82, 2.24) is 9.59 Å². The van der Waals surface area contributed by atoms with Crippen molar-refractivity contribution in [3.05, 3.63) is 41.6 Å². The van der Waals surface area contributed by atoms with Gasteiger partial charge in [0.15, 0.2) is 0 Å². The molecule has 16 heavy (non-hydrogen) atoms. The number of aromatic nitrogens is 2. The molecular weight excluding hydrogens is 218 g/mol. The summed E-state index contributed by atoms with van der Waals surface area (Å²) >= 11 is 1.39. The Labute approximate surface area is 98.7 Å². The van der Waals surface area contributed by atoms with Crippen LogP contribution in [0.3, 0.4) is 0 Å². The molecule has 0 unspecified atom stereocenters. The monoisotopic (exact) mass is 231 g/mol. The zero-order valence-electron chi connectivity index (χ0n) is 8.89. The molecule has 1 fully saturated rings. The number of hydrogen-bond acceptors (Lipinski definition) is 4. The lowest BCUT2D eigenvalue weighted by Crippen LogP contribution is -1.97. The maximum Gasteiger partial charge on any atom is 0.130 e. The van der Waals surface area contributed by atoms with Crippen LogP contribution in [-0.2, 0) is 6.54 Å². The molecule has 1 aromatic heterocycles. The van der Waals surface area contributed by atoms with E-state index in [1.54, 1.807) is 6.20 Å². The van der Waals surface area contributed by atoms with E-state index in [-0.39, 0.29) is 0 Å². The number of benzene rings is 1. The molecule has 2 aromatic rings. The standard InChI is InChI=1S/C12H13N3S/c1-3-10(11-5-6-11)4-2-9(1)7-13-12-8-14-15-16-12/h1-4,8,11,13H,5-7H2. The van der Waals surface area contributed by atoms with E-state index in [1.807, 2.05) is 0 Å². The molecule has 82 valence electrons. The molecule has 3 nitrogen and oxygen atoms in total. The first kappa shape index (κ1) is 9.78. The van der Waals surface area contributed by atoms with Crippen molar-refractivity contribution in [3.8, 4) is 0 Å². The second kappa shape index (κ2) is 4.22. The van der Waals surface area contributed by atoms with E-state index in [0.29, 0.717) is 0 Å². The largest absolute Gasteiger partial charge is 0.370 e. The van der Waals surface area contributed by atoms with Crippen molar-refractivity contribution >= 4 is 16.5 Å². The minimum Gasteiger partial charge on any atom is -0.370 e. The maximum atomic E-state index is 3.81. The van der Waals surface area contributed by atoms with Crippen LogP contribution in [0.5, 0.6) is 0 Å². The summed E-state index contributed by atoms with van der Waals surface area (Å²) in [5.41, 5.74) is 2.79. The third-order valence-electron chi connectivity index (χ3n) is 2.86. The van der Waals surface area contributed by atoms with E-state index in [9.17, 15) is 0 Å². The van der Waals surface area contributed by atoms with Crippen molar-refractivity contribution in [2.24, 2.45) is 0 Å². The summed E-state index contributed by atoms with van der Waals surface area (Å²) < 4.78 is 3.81. The molecule has 0 radical (unpaired) electrons. The van der Waals surface area contributed by atoms with Crippen LogP contribution in [0.25, 0.3) is 0 Å². The molecule has 1 heterocycles. The summed E-state index contributed by atoms with van der Waals surface area (Å²) in [6.07, 6.45) is 4.48. The van der Waals surface area contributed by atoms with Crippen LogP contribution >= 0.6 is 11.5 Å². The Morgan fingerprint density at radius 2 is 2.06 bits per heavy atom. The van der Waals surface area contributed by atoms with Gasteiger partial charge in [-0.05, 0) is 29.9 Å². The fraction of sp³-hybridized carbons (Fsp3) is 0.333.